The summed E-state index contributed by atoms with van der Waals surface area (Å²) < 4.78 is 10.2. The summed E-state index contributed by atoms with van der Waals surface area (Å²) in [5.41, 5.74) is 2.08. The number of hydrogen-bond acceptors (Lipinski definition) is 4. The van der Waals surface area contributed by atoms with Crippen molar-refractivity contribution < 1.29 is 19.1 Å². The number of para-hydroxylation sites is 1. The summed E-state index contributed by atoms with van der Waals surface area (Å²) in [5.74, 6) is 0.0373. The molecule has 1 N–H and O–H groups in total. The largest absolute Gasteiger partial charge is 0.483 e. The van der Waals surface area contributed by atoms with Crippen LogP contribution in [0.1, 0.15) is 22.8 Å². The van der Waals surface area contributed by atoms with Crippen molar-refractivity contribution in [1.29, 1.82) is 0 Å². The van der Waals surface area contributed by atoms with Crippen molar-refractivity contribution in [3.63, 3.8) is 0 Å². The fourth-order valence-electron chi connectivity index (χ4n) is 2.08. The molecule has 0 unspecified atom stereocenters. The highest BCUT2D eigenvalue weighted by atomic mass is 16.5. The van der Waals surface area contributed by atoms with E-state index in [9.17, 15) is 9.59 Å². The van der Waals surface area contributed by atoms with E-state index in [0.717, 1.165) is 12.0 Å². The van der Waals surface area contributed by atoms with Gasteiger partial charge in [-0.2, -0.15) is 0 Å². The Bertz CT molecular complexity index is 680. The second kappa shape index (κ2) is 7.98. The van der Waals surface area contributed by atoms with Gasteiger partial charge in [-0.15, -0.1) is 0 Å². The maximum absolute atomic E-state index is 11.9. The lowest BCUT2D eigenvalue weighted by Crippen LogP contribution is -2.20. The fourth-order valence-corrected chi connectivity index (χ4v) is 2.08. The molecular weight excluding hydrogens is 294 g/mol. The Balaban J connectivity index is 1.91. The Morgan fingerprint density at radius 3 is 2.39 bits per heavy atom. The normalized spacial score (nSPS) is 10.0. The third-order valence-corrected chi connectivity index (χ3v) is 3.30. The summed E-state index contributed by atoms with van der Waals surface area (Å²) in [6.07, 6.45) is 0.840. The molecule has 0 aliphatic rings. The van der Waals surface area contributed by atoms with Gasteiger partial charge in [-0.3, -0.25) is 4.79 Å². The zero-order valence-corrected chi connectivity index (χ0v) is 13.2. The maximum atomic E-state index is 11.9. The molecule has 1 amide bonds. The van der Waals surface area contributed by atoms with Gasteiger partial charge in [0.1, 0.15) is 5.75 Å². The van der Waals surface area contributed by atoms with E-state index in [4.69, 9.17) is 4.74 Å². The van der Waals surface area contributed by atoms with Crippen LogP contribution in [0.5, 0.6) is 5.75 Å². The summed E-state index contributed by atoms with van der Waals surface area (Å²) in [5, 5.41) is 2.72. The average Bonchev–Trinajstić information content (AvgIpc) is 2.60. The first-order valence-corrected chi connectivity index (χ1v) is 7.33. The van der Waals surface area contributed by atoms with E-state index in [1.54, 1.807) is 24.3 Å². The molecule has 0 heterocycles. The number of nitrogens with one attached hydrogen (secondary N) is 1. The number of methoxy groups -OCH3 is 1. The molecule has 0 aromatic heterocycles. The average molecular weight is 313 g/mol. The van der Waals surface area contributed by atoms with Crippen molar-refractivity contribution >= 4 is 17.6 Å². The van der Waals surface area contributed by atoms with Crippen LogP contribution in [-0.4, -0.2) is 25.6 Å². The van der Waals surface area contributed by atoms with Crippen molar-refractivity contribution in [2.75, 3.05) is 19.0 Å². The molecule has 5 nitrogen and oxygen atoms in total. The van der Waals surface area contributed by atoms with E-state index in [1.165, 1.54) is 7.11 Å². The van der Waals surface area contributed by atoms with Gasteiger partial charge in [-0.05, 0) is 42.3 Å². The minimum absolute atomic E-state index is 0.0736. The number of ether oxygens (including phenoxy) is 2. The Kier molecular flexibility index (Phi) is 5.74. The fraction of sp³-hybridized carbons (Fsp3) is 0.222. The number of anilines is 1. The number of amides is 1. The second-order valence-corrected chi connectivity index (χ2v) is 4.87. The number of aryl methyl sites for hydroxylation is 1. The number of benzene rings is 2. The molecule has 0 saturated carbocycles. The van der Waals surface area contributed by atoms with E-state index in [2.05, 4.69) is 10.1 Å². The highest BCUT2D eigenvalue weighted by Crippen LogP contribution is 2.18. The third kappa shape index (κ3) is 4.57. The number of hydrogen-bond donors (Lipinski definition) is 1. The van der Waals surface area contributed by atoms with E-state index in [-0.39, 0.29) is 12.5 Å². The van der Waals surface area contributed by atoms with E-state index < -0.39 is 5.97 Å². The molecule has 0 aliphatic heterocycles. The van der Waals surface area contributed by atoms with E-state index in [1.807, 2.05) is 31.2 Å². The zero-order valence-electron chi connectivity index (χ0n) is 13.2. The van der Waals surface area contributed by atoms with Crippen LogP contribution < -0.4 is 10.1 Å². The topological polar surface area (TPSA) is 64.6 Å². The van der Waals surface area contributed by atoms with Crippen LogP contribution in [-0.2, 0) is 16.0 Å². The van der Waals surface area contributed by atoms with Crippen molar-refractivity contribution in [2.45, 2.75) is 13.3 Å². The molecule has 0 saturated heterocycles. The highest BCUT2D eigenvalue weighted by Gasteiger charge is 2.08. The number of rotatable bonds is 6. The molecular formula is C18H19NO4. The molecule has 0 spiro atoms. The lowest BCUT2D eigenvalue weighted by molar-refractivity contribution is -0.118. The Morgan fingerprint density at radius 1 is 1.04 bits per heavy atom. The van der Waals surface area contributed by atoms with E-state index in [0.29, 0.717) is 17.0 Å². The second-order valence-electron chi connectivity index (χ2n) is 4.87. The van der Waals surface area contributed by atoms with Gasteiger partial charge in [0.15, 0.2) is 6.61 Å². The molecule has 2 aromatic rings. The summed E-state index contributed by atoms with van der Waals surface area (Å²) in [6.45, 7) is 1.96. The molecule has 0 atom stereocenters. The maximum Gasteiger partial charge on any atom is 0.337 e. The molecule has 0 bridgehead atoms. The third-order valence-electron chi connectivity index (χ3n) is 3.30. The van der Waals surface area contributed by atoms with Crippen LogP contribution in [0.15, 0.2) is 48.5 Å². The van der Waals surface area contributed by atoms with Gasteiger partial charge >= 0.3 is 5.97 Å². The molecule has 23 heavy (non-hydrogen) atoms. The zero-order chi connectivity index (χ0) is 16.7. The standard InChI is InChI=1S/C18H19NO4/c1-3-13-6-4-5-7-16(13)23-12-17(20)19-15-10-8-14(9-11-15)18(21)22-2/h4-11H,3,12H2,1-2H3,(H,19,20). The summed E-state index contributed by atoms with van der Waals surface area (Å²) in [7, 11) is 1.32. The number of esters is 1. The SMILES string of the molecule is CCc1ccccc1OCC(=O)Nc1ccc(C(=O)OC)cc1. The van der Waals surface area contributed by atoms with Crippen LogP contribution >= 0.6 is 0 Å². The van der Waals surface area contributed by atoms with Gasteiger partial charge < -0.3 is 14.8 Å². The van der Waals surface area contributed by atoms with Gasteiger partial charge in [-0.1, -0.05) is 25.1 Å². The lowest BCUT2D eigenvalue weighted by Gasteiger charge is -2.10. The Labute approximate surface area is 135 Å². The van der Waals surface area contributed by atoms with Gasteiger partial charge in [0.25, 0.3) is 5.91 Å². The Morgan fingerprint density at radius 2 is 1.74 bits per heavy atom. The van der Waals surface area contributed by atoms with Crippen molar-refractivity contribution in [1.82, 2.24) is 0 Å². The van der Waals surface area contributed by atoms with Crippen LogP contribution in [0.3, 0.4) is 0 Å². The summed E-state index contributed by atoms with van der Waals surface area (Å²) in [6, 6.07) is 14.1. The number of carbonyl (C=O) groups excluding carboxylic acids is 2. The molecule has 2 rings (SSSR count). The van der Waals surface area contributed by atoms with Gasteiger partial charge in [0.2, 0.25) is 0 Å². The minimum atomic E-state index is -0.414. The van der Waals surface area contributed by atoms with Crippen LogP contribution in [0, 0.1) is 0 Å². The monoisotopic (exact) mass is 313 g/mol. The highest BCUT2D eigenvalue weighted by molar-refractivity contribution is 5.93. The summed E-state index contributed by atoms with van der Waals surface area (Å²) in [4.78, 5) is 23.3. The quantitative estimate of drug-likeness (QED) is 0.833. The van der Waals surface area contributed by atoms with Crippen LogP contribution in [0.4, 0.5) is 5.69 Å². The van der Waals surface area contributed by atoms with Gasteiger partial charge in [0, 0.05) is 5.69 Å². The van der Waals surface area contributed by atoms with Crippen molar-refractivity contribution in [2.24, 2.45) is 0 Å². The molecule has 0 fully saturated rings. The molecule has 120 valence electrons. The molecule has 0 aliphatic carbocycles. The predicted octanol–water partition coefficient (Wildman–Crippen LogP) is 3.05. The van der Waals surface area contributed by atoms with E-state index >= 15 is 0 Å². The van der Waals surface area contributed by atoms with Gasteiger partial charge in [0.05, 0.1) is 12.7 Å². The smallest absolute Gasteiger partial charge is 0.337 e. The van der Waals surface area contributed by atoms with Crippen LogP contribution in [0.25, 0.3) is 0 Å². The first kappa shape index (κ1) is 16.5. The molecule has 2 aromatic carbocycles. The summed E-state index contributed by atoms with van der Waals surface area (Å²) >= 11 is 0. The lowest BCUT2D eigenvalue weighted by atomic mass is 10.1. The van der Waals surface area contributed by atoms with Crippen molar-refractivity contribution in [3.8, 4) is 5.75 Å². The first-order chi connectivity index (χ1) is 11.1. The molecule has 0 radical (unpaired) electrons. The minimum Gasteiger partial charge on any atom is -0.483 e. The first-order valence-electron chi connectivity index (χ1n) is 7.33. The van der Waals surface area contributed by atoms with Crippen LogP contribution in [0.2, 0.25) is 0 Å². The van der Waals surface area contributed by atoms with Gasteiger partial charge in [-0.25, -0.2) is 4.79 Å². The van der Waals surface area contributed by atoms with Crippen molar-refractivity contribution in [3.05, 3.63) is 59.7 Å². The molecule has 5 heteroatoms. The predicted molar refractivity (Wildman–Crippen MR) is 87.7 cm³/mol. The number of carbonyl (C=O) groups is 2. The Hall–Kier alpha value is -2.82.